The highest BCUT2D eigenvalue weighted by Gasteiger charge is 2.62. The zero-order chi connectivity index (χ0) is 27.3. The summed E-state index contributed by atoms with van der Waals surface area (Å²) in [5.74, 6) is 8.14. The van der Waals surface area contributed by atoms with E-state index >= 15 is 0 Å². The molecule has 2 saturated carbocycles. The van der Waals surface area contributed by atoms with Crippen molar-refractivity contribution in [2.75, 3.05) is 37.6 Å². The Morgan fingerprint density at radius 2 is 2.02 bits per heavy atom. The number of phenols is 1. The van der Waals surface area contributed by atoms with Crippen molar-refractivity contribution in [1.29, 1.82) is 5.26 Å². The van der Waals surface area contributed by atoms with E-state index in [0.29, 0.717) is 59.8 Å². The number of likely N-dealkylation sites (tertiary alicyclic amines) is 1. The lowest BCUT2D eigenvalue weighted by Gasteiger charge is -2.53. The van der Waals surface area contributed by atoms with Gasteiger partial charge in [0.15, 0.2) is 0 Å². The van der Waals surface area contributed by atoms with Gasteiger partial charge in [0.05, 0.1) is 29.7 Å². The number of pyridine rings is 1. The van der Waals surface area contributed by atoms with Gasteiger partial charge >= 0.3 is 0 Å². The van der Waals surface area contributed by atoms with Gasteiger partial charge in [0.25, 0.3) is 0 Å². The van der Waals surface area contributed by atoms with Crippen LogP contribution in [0.5, 0.6) is 5.75 Å². The van der Waals surface area contributed by atoms with Gasteiger partial charge in [-0.2, -0.15) is 15.5 Å². The van der Waals surface area contributed by atoms with Crippen LogP contribution in [0.3, 0.4) is 0 Å². The van der Waals surface area contributed by atoms with Gasteiger partial charge in [-0.3, -0.25) is 4.90 Å². The van der Waals surface area contributed by atoms with Crippen LogP contribution in [0.2, 0.25) is 0 Å². The Morgan fingerprint density at radius 3 is 2.85 bits per heavy atom. The maximum absolute atomic E-state index is 13.5. The predicted octanol–water partition coefficient (Wildman–Crippen LogP) is 4.32. The number of aromatic nitrogens is 3. The molecule has 2 saturated heterocycles. The molecule has 4 fully saturated rings. The van der Waals surface area contributed by atoms with Crippen molar-refractivity contribution in [2.24, 2.45) is 17.8 Å². The number of nitrogens with zero attached hydrogens (tertiary/aromatic N) is 6. The first-order valence-corrected chi connectivity index (χ1v) is 14.2. The van der Waals surface area contributed by atoms with Crippen LogP contribution in [0.25, 0.3) is 11.3 Å². The minimum absolute atomic E-state index is 0.0553. The second kappa shape index (κ2) is 9.87. The Morgan fingerprint density at radius 1 is 1.12 bits per heavy atom. The Hall–Kier alpha value is -4.01. The maximum atomic E-state index is 13.5. The van der Waals surface area contributed by atoms with Crippen LogP contribution in [0.1, 0.15) is 42.6 Å². The molecule has 2 unspecified atom stereocenters. The smallest absolute Gasteiger partial charge is 0.131 e. The van der Waals surface area contributed by atoms with E-state index in [-0.39, 0.29) is 11.2 Å². The molecule has 1 N–H and O–H groups in total. The fraction of sp³-hybridized carbons (Fsp3) is 0.438. The normalized spacial score (nSPS) is 28.8. The third-order valence-electron chi connectivity index (χ3n) is 9.51. The van der Waals surface area contributed by atoms with Gasteiger partial charge in [-0.1, -0.05) is 18.1 Å². The first kappa shape index (κ1) is 25.0. The molecular formula is C32H31FN6O. The van der Waals surface area contributed by atoms with Gasteiger partial charge < -0.3 is 10.0 Å². The molecule has 0 radical (unpaired) electrons. The molecule has 2 aliphatic heterocycles. The van der Waals surface area contributed by atoms with Gasteiger partial charge in [0.2, 0.25) is 0 Å². The number of hydrogen-bond acceptors (Lipinski definition) is 7. The molecule has 3 aromatic rings. The summed E-state index contributed by atoms with van der Waals surface area (Å²) in [5, 5.41) is 28.6. The van der Waals surface area contributed by atoms with E-state index in [0.717, 1.165) is 43.9 Å². The van der Waals surface area contributed by atoms with Crippen molar-refractivity contribution in [3.05, 3.63) is 65.6 Å². The van der Waals surface area contributed by atoms with Crippen molar-refractivity contribution >= 4 is 5.69 Å². The average Bonchev–Trinajstić information content (AvgIpc) is 3.45. The molecule has 5 atom stereocenters. The number of anilines is 1. The number of fused-ring (bicyclic) bond motifs is 1. The SMILES string of the molecule is N#Cc1ccc(C23C[C@@H]4CC2[C@@H](CN(c2cnnc(-c5ccccc5O)c2)C4)C3)nc1C#CCN1CC[C@@H](F)C1. The molecule has 0 spiro atoms. The monoisotopic (exact) mass is 534 g/mol. The number of aromatic hydroxyl groups is 1. The number of nitriles is 1. The first-order chi connectivity index (χ1) is 19.5. The highest BCUT2D eigenvalue weighted by atomic mass is 19.1. The van der Waals surface area contributed by atoms with E-state index in [1.807, 2.05) is 41.4 Å². The van der Waals surface area contributed by atoms with E-state index in [1.54, 1.807) is 12.1 Å². The fourth-order valence-electron chi connectivity index (χ4n) is 7.71. The number of phenolic OH excluding ortho intramolecular Hbond substituents is 1. The Bertz CT molecular complexity index is 1550. The number of alkyl halides is 1. The Balaban J connectivity index is 1.10. The van der Waals surface area contributed by atoms with Crippen molar-refractivity contribution in [3.63, 3.8) is 0 Å². The van der Waals surface area contributed by atoms with Crippen LogP contribution in [0.4, 0.5) is 10.1 Å². The molecule has 4 heterocycles. The summed E-state index contributed by atoms with van der Waals surface area (Å²) in [6, 6.07) is 15.5. The first-order valence-electron chi connectivity index (χ1n) is 14.2. The number of para-hydroxylation sites is 1. The topological polar surface area (TPSA) is 89.2 Å². The molecule has 8 heteroatoms. The Labute approximate surface area is 233 Å². The van der Waals surface area contributed by atoms with Crippen LogP contribution in [-0.4, -0.2) is 64.1 Å². The number of halogens is 1. The summed E-state index contributed by atoms with van der Waals surface area (Å²) in [5.41, 5.74) is 4.60. The number of benzene rings is 1. The summed E-state index contributed by atoms with van der Waals surface area (Å²) >= 11 is 0. The minimum Gasteiger partial charge on any atom is -0.507 e. The van der Waals surface area contributed by atoms with E-state index < -0.39 is 6.17 Å². The summed E-state index contributed by atoms with van der Waals surface area (Å²) in [6.45, 7) is 3.58. The standard InChI is InChI=1S/C32H31FN6O/c33-24-9-11-38(20-24)10-3-5-28-22(16-34)7-8-31(36-28)32-14-21-12-27(32)23(15-32)19-39(18-21)25-13-29(37-35-17-25)26-4-1-2-6-30(26)40/h1-2,4,6-8,13,17,21,23-24,27,40H,9-12,14-15,18-20H2/t21-,23+,24+,27?,32?/m0/s1. The fourth-order valence-corrected chi connectivity index (χ4v) is 7.71. The van der Waals surface area contributed by atoms with Crippen molar-refractivity contribution in [1.82, 2.24) is 20.1 Å². The summed E-state index contributed by atoms with van der Waals surface area (Å²) in [7, 11) is 0. The van der Waals surface area contributed by atoms with Crippen molar-refractivity contribution in [3.8, 4) is 34.9 Å². The molecule has 2 aliphatic carbocycles. The molecule has 40 heavy (non-hydrogen) atoms. The molecule has 2 bridgehead atoms. The molecule has 202 valence electrons. The second-order valence-electron chi connectivity index (χ2n) is 11.9. The minimum atomic E-state index is -0.764. The van der Waals surface area contributed by atoms with Crippen LogP contribution < -0.4 is 4.90 Å². The number of rotatable bonds is 4. The predicted molar refractivity (Wildman–Crippen MR) is 149 cm³/mol. The number of hydrogen-bond donors (Lipinski definition) is 1. The molecular weight excluding hydrogens is 503 g/mol. The highest BCUT2D eigenvalue weighted by Crippen LogP contribution is 2.64. The molecule has 7 rings (SSSR count). The lowest BCUT2D eigenvalue weighted by Crippen LogP contribution is -2.53. The molecule has 7 nitrogen and oxygen atoms in total. The molecule has 2 aromatic heterocycles. The zero-order valence-corrected chi connectivity index (χ0v) is 22.3. The molecule has 1 aromatic carbocycles. The maximum Gasteiger partial charge on any atom is 0.131 e. The summed E-state index contributed by atoms with van der Waals surface area (Å²) < 4.78 is 13.5. The second-order valence-corrected chi connectivity index (χ2v) is 11.9. The zero-order valence-electron chi connectivity index (χ0n) is 22.3. The highest BCUT2D eigenvalue weighted by molar-refractivity contribution is 5.69. The van der Waals surface area contributed by atoms with Gasteiger partial charge in [0.1, 0.15) is 23.7 Å². The molecule has 0 amide bonds. The lowest BCUT2D eigenvalue weighted by atomic mass is 9.53. The Kier molecular flexibility index (Phi) is 6.17. The van der Waals surface area contributed by atoms with Crippen LogP contribution in [0.15, 0.2) is 48.7 Å². The van der Waals surface area contributed by atoms with Gasteiger partial charge in [-0.15, -0.1) is 0 Å². The van der Waals surface area contributed by atoms with E-state index in [2.05, 4.69) is 33.0 Å². The summed E-state index contributed by atoms with van der Waals surface area (Å²) in [4.78, 5) is 9.45. The van der Waals surface area contributed by atoms with Gasteiger partial charge in [-0.25, -0.2) is 9.37 Å². The van der Waals surface area contributed by atoms with Gasteiger partial charge in [-0.05, 0) is 79.7 Å². The van der Waals surface area contributed by atoms with E-state index in [4.69, 9.17) is 4.98 Å². The van der Waals surface area contributed by atoms with Crippen molar-refractivity contribution in [2.45, 2.75) is 37.3 Å². The van der Waals surface area contributed by atoms with Crippen LogP contribution in [0, 0.1) is 40.9 Å². The molecule has 4 aliphatic rings. The van der Waals surface area contributed by atoms with Crippen LogP contribution >= 0.6 is 0 Å². The lowest BCUT2D eigenvalue weighted by molar-refractivity contribution is 0.0599. The third-order valence-corrected chi connectivity index (χ3v) is 9.51. The quantitative estimate of drug-likeness (QED) is 0.499. The summed E-state index contributed by atoms with van der Waals surface area (Å²) in [6.07, 6.45) is 4.96. The van der Waals surface area contributed by atoms with E-state index in [1.165, 1.54) is 6.42 Å². The van der Waals surface area contributed by atoms with Crippen molar-refractivity contribution < 1.29 is 9.50 Å². The largest absolute Gasteiger partial charge is 0.507 e. The average molecular weight is 535 g/mol. The third kappa shape index (κ3) is 4.28. The van der Waals surface area contributed by atoms with E-state index in [9.17, 15) is 14.8 Å². The van der Waals surface area contributed by atoms with Gasteiger partial charge in [0, 0.05) is 42.9 Å². The van der Waals surface area contributed by atoms with Crippen LogP contribution in [-0.2, 0) is 5.41 Å².